The average Bonchev–Trinajstić information content (AvgIpc) is 2.83. The maximum Gasteiger partial charge on any atom is 0.319 e. The predicted molar refractivity (Wildman–Crippen MR) is 73.0 cm³/mol. The van der Waals surface area contributed by atoms with Gasteiger partial charge in [-0.25, -0.2) is 4.79 Å². The fourth-order valence-electron chi connectivity index (χ4n) is 1.70. The monoisotopic (exact) mass is 275 g/mol. The number of hydrogen-bond donors (Lipinski definition) is 2. The second kappa shape index (κ2) is 6.14. The van der Waals surface area contributed by atoms with Crippen molar-refractivity contribution in [2.45, 2.75) is 26.8 Å². The van der Waals surface area contributed by atoms with E-state index in [0.29, 0.717) is 17.4 Å². The molecule has 1 unspecified atom stereocenters. The quantitative estimate of drug-likeness (QED) is 0.893. The van der Waals surface area contributed by atoms with Crippen molar-refractivity contribution in [1.82, 2.24) is 20.4 Å². The molecule has 0 spiro atoms. The van der Waals surface area contributed by atoms with Gasteiger partial charge < -0.3 is 15.2 Å². The molecule has 2 aromatic heterocycles. The fourth-order valence-corrected chi connectivity index (χ4v) is 1.70. The van der Waals surface area contributed by atoms with Gasteiger partial charge in [0.15, 0.2) is 5.82 Å². The Morgan fingerprint density at radius 1 is 1.40 bits per heavy atom. The Balaban J connectivity index is 2.03. The molecule has 0 aliphatic heterocycles. The van der Waals surface area contributed by atoms with Crippen LogP contribution < -0.4 is 10.6 Å². The lowest BCUT2D eigenvalue weighted by atomic mass is 10.0. The molecule has 20 heavy (non-hydrogen) atoms. The number of aryl methyl sites for hydroxylation is 1. The summed E-state index contributed by atoms with van der Waals surface area (Å²) in [6.07, 6.45) is 3.21. The number of aromatic nitrogens is 3. The van der Waals surface area contributed by atoms with Crippen LogP contribution in [0.1, 0.15) is 31.6 Å². The minimum absolute atomic E-state index is 0.120. The lowest BCUT2D eigenvalue weighted by Crippen LogP contribution is -2.35. The van der Waals surface area contributed by atoms with Crippen molar-refractivity contribution in [3.63, 3.8) is 0 Å². The summed E-state index contributed by atoms with van der Waals surface area (Å²) < 4.78 is 5.12. The normalized spacial score (nSPS) is 12.2. The minimum Gasteiger partial charge on any atom is -0.337 e. The van der Waals surface area contributed by atoms with E-state index >= 15 is 0 Å². The van der Waals surface area contributed by atoms with Gasteiger partial charge in [0.2, 0.25) is 5.89 Å². The molecule has 0 saturated carbocycles. The minimum atomic E-state index is -0.340. The molecule has 0 aliphatic rings. The molecule has 0 aliphatic carbocycles. The highest BCUT2D eigenvalue weighted by molar-refractivity contribution is 5.89. The summed E-state index contributed by atoms with van der Waals surface area (Å²) in [5, 5.41) is 9.27. The summed E-state index contributed by atoms with van der Waals surface area (Å²) in [7, 11) is 0. The molecule has 7 heteroatoms. The number of amides is 2. The maximum absolute atomic E-state index is 12.0. The zero-order valence-corrected chi connectivity index (χ0v) is 11.6. The number of pyridine rings is 1. The van der Waals surface area contributed by atoms with Gasteiger partial charge in [0.25, 0.3) is 0 Å². The van der Waals surface area contributed by atoms with E-state index < -0.39 is 0 Å². The molecule has 2 rings (SSSR count). The fraction of sp³-hybridized carbons (Fsp3) is 0.385. The number of anilines is 1. The van der Waals surface area contributed by atoms with Crippen molar-refractivity contribution in [2.75, 3.05) is 5.32 Å². The Hall–Kier alpha value is -2.44. The highest BCUT2D eigenvalue weighted by Crippen LogP contribution is 2.20. The molecule has 0 fully saturated rings. The molecule has 0 radical (unpaired) electrons. The van der Waals surface area contributed by atoms with Crippen LogP contribution in [0.3, 0.4) is 0 Å². The van der Waals surface area contributed by atoms with E-state index in [-0.39, 0.29) is 18.0 Å². The van der Waals surface area contributed by atoms with Crippen LogP contribution in [0.4, 0.5) is 10.5 Å². The molecule has 0 bridgehead atoms. The maximum atomic E-state index is 12.0. The van der Waals surface area contributed by atoms with Crippen molar-refractivity contribution in [3.05, 3.63) is 36.2 Å². The number of hydrogen-bond acceptors (Lipinski definition) is 5. The van der Waals surface area contributed by atoms with Crippen molar-refractivity contribution < 1.29 is 9.32 Å². The largest absolute Gasteiger partial charge is 0.337 e. The van der Waals surface area contributed by atoms with Gasteiger partial charge in [0.05, 0.1) is 11.9 Å². The molecular weight excluding hydrogens is 258 g/mol. The number of carbonyl (C=O) groups excluding carboxylic acids is 1. The number of carbonyl (C=O) groups is 1. The van der Waals surface area contributed by atoms with Gasteiger partial charge in [-0.1, -0.05) is 19.0 Å². The molecule has 0 aromatic carbocycles. The average molecular weight is 275 g/mol. The van der Waals surface area contributed by atoms with Crippen LogP contribution in [-0.2, 0) is 0 Å². The van der Waals surface area contributed by atoms with Gasteiger partial charge in [-0.15, -0.1) is 0 Å². The Kier molecular flexibility index (Phi) is 4.29. The lowest BCUT2D eigenvalue weighted by molar-refractivity contribution is 0.235. The molecule has 2 amide bonds. The molecule has 106 valence electrons. The molecule has 2 N–H and O–H groups in total. The first kappa shape index (κ1) is 14.0. The molecular formula is C13H17N5O2. The summed E-state index contributed by atoms with van der Waals surface area (Å²) in [4.78, 5) is 20.1. The summed E-state index contributed by atoms with van der Waals surface area (Å²) >= 11 is 0. The second-order valence-electron chi connectivity index (χ2n) is 4.74. The van der Waals surface area contributed by atoms with Crippen LogP contribution in [-0.4, -0.2) is 21.2 Å². The molecule has 7 nitrogen and oxygen atoms in total. The van der Waals surface area contributed by atoms with Gasteiger partial charge in [-0.05, 0) is 25.0 Å². The predicted octanol–water partition coefficient (Wildman–Crippen LogP) is 2.29. The highest BCUT2D eigenvalue weighted by Gasteiger charge is 2.23. The third kappa shape index (κ3) is 3.53. The zero-order valence-electron chi connectivity index (χ0n) is 11.6. The first-order valence-electron chi connectivity index (χ1n) is 6.34. The topological polar surface area (TPSA) is 92.9 Å². The van der Waals surface area contributed by atoms with Crippen LogP contribution >= 0.6 is 0 Å². The third-order valence-electron chi connectivity index (χ3n) is 2.68. The van der Waals surface area contributed by atoms with Crippen molar-refractivity contribution in [3.8, 4) is 0 Å². The summed E-state index contributed by atoms with van der Waals surface area (Å²) in [6, 6.07) is 2.82. The number of rotatable bonds is 4. The van der Waals surface area contributed by atoms with Gasteiger partial charge in [0.1, 0.15) is 6.04 Å². The first-order valence-corrected chi connectivity index (χ1v) is 6.34. The van der Waals surface area contributed by atoms with Crippen molar-refractivity contribution in [2.24, 2.45) is 5.92 Å². The number of nitrogens with one attached hydrogen (secondary N) is 2. The van der Waals surface area contributed by atoms with Crippen LogP contribution in [0.5, 0.6) is 0 Å². The van der Waals surface area contributed by atoms with E-state index in [4.69, 9.17) is 4.52 Å². The molecule has 0 saturated heterocycles. The van der Waals surface area contributed by atoms with Crippen molar-refractivity contribution in [1.29, 1.82) is 0 Å². The Bertz CT molecular complexity index is 567. The molecule has 1 atom stereocenters. The molecule has 2 heterocycles. The van der Waals surface area contributed by atoms with E-state index in [0.717, 1.165) is 0 Å². The van der Waals surface area contributed by atoms with Gasteiger partial charge >= 0.3 is 6.03 Å². The molecule has 2 aromatic rings. The van der Waals surface area contributed by atoms with Gasteiger partial charge in [-0.3, -0.25) is 4.98 Å². The van der Waals surface area contributed by atoms with Crippen LogP contribution in [0.2, 0.25) is 0 Å². The van der Waals surface area contributed by atoms with Gasteiger partial charge in [-0.2, -0.15) is 4.98 Å². The first-order chi connectivity index (χ1) is 9.56. The standard InChI is InChI=1S/C13H17N5O2/c1-8(2)11(12-15-9(3)18-20-12)17-13(19)16-10-5-4-6-14-7-10/h4-8,11H,1-3H3,(H2,16,17,19). The van der Waals surface area contributed by atoms with Crippen LogP contribution in [0.15, 0.2) is 29.0 Å². The highest BCUT2D eigenvalue weighted by atomic mass is 16.5. The second-order valence-corrected chi connectivity index (χ2v) is 4.74. The van der Waals surface area contributed by atoms with Crippen LogP contribution in [0.25, 0.3) is 0 Å². The summed E-state index contributed by atoms with van der Waals surface area (Å²) in [6.45, 7) is 5.67. The zero-order chi connectivity index (χ0) is 14.5. The number of nitrogens with zero attached hydrogens (tertiary/aromatic N) is 3. The Morgan fingerprint density at radius 3 is 2.75 bits per heavy atom. The lowest BCUT2D eigenvalue weighted by Gasteiger charge is -2.18. The van der Waals surface area contributed by atoms with E-state index in [1.54, 1.807) is 31.5 Å². The smallest absolute Gasteiger partial charge is 0.319 e. The third-order valence-corrected chi connectivity index (χ3v) is 2.68. The van der Waals surface area contributed by atoms with E-state index in [2.05, 4.69) is 25.8 Å². The van der Waals surface area contributed by atoms with E-state index in [9.17, 15) is 4.79 Å². The Labute approximate surface area is 116 Å². The van der Waals surface area contributed by atoms with E-state index in [1.165, 1.54) is 0 Å². The van der Waals surface area contributed by atoms with Gasteiger partial charge in [0, 0.05) is 6.20 Å². The summed E-state index contributed by atoms with van der Waals surface area (Å²) in [5.41, 5.74) is 0.620. The Morgan fingerprint density at radius 2 is 2.20 bits per heavy atom. The summed E-state index contributed by atoms with van der Waals surface area (Å²) in [5.74, 6) is 1.06. The van der Waals surface area contributed by atoms with Crippen LogP contribution in [0, 0.1) is 12.8 Å². The SMILES string of the molecule is Cc1noc(C(NC(=O)Nc2cccnc2)C(C)C)n1. The van der Waals surface area contributed by atoms with Crippen molar-refractivity contribution >= 4 is 11.7 Å². The number of urea groups is 1. The van der Waals surface area contributed by atoms with E-state index in [1.807, 2.05) is 13.8 Å².